The average molecular weight is 240 g/mol. The zero-order valence-corrected chi connectivity index (χ0v) is 11.2. The average Bonchev–Trinajstić information content (AvgIpc) is 2.24. The van der Waals surface area contributed by atoms with Gasteiger partial charge in [-0.1, -0.05) is 26.8 Å². The normalized spacial score (nSPS) is 11.6. The first kappa shape index (κ1) is 13.4. The van der Waals surface area contributed by atoms with Crippen LogP contribution in [-0.4, -0.2) is 24.6 Å². The van der Waals surface area contributed by atoms with E-state index in [4.69, 9.17) is 9.84 Å². The Kier molecular flexibility index (Phi) is 4.69. The van der Waals surface area contributed by atoms with Crippen molar-refractivity contribution in [2.24, 2.45) is 0 Å². The Bertz CT molecular complexity index is 342. The highest BCUT2D eigenvalue weighted by molar-refractivity contribution is 7.99. The van der Waals surface area contributed by atoms with Gasteiger partial charge in [0, 0.05) is 10.6 Å². The lowest BCUT2D eigenvalue weighted by atomic mass is 9.87. The quantitative estimate of drug-likeness (QED) is 0.820. The van der Waals surface area contributed by atoms with Gasteiger partial charge in [-0.15, -0.1) is 11.8 Å². The molecule has 16 heavy (non-hydrogen) atoms. The summed E-state index contributed by atoms with van der Waals surface area (Å²) in [7, 11) is 1.68. The van der Waals surface area contributed by atoms with Crippen LogP contribution >= 0.6 is 11.8 Å². The van der Waals surface area contributed by atoms with E-state index in [1.807, 2.05) is 6.07 Å². The highest BCUT2D eigenvalue weighted by Crippen LogP contribution is 2.33. The zero-order chi connectivity index (χ0) is 12.2. The van der Waals surface area contributed by atoms with Gasteiger partial charge in [0.15, 0.2) is 0 Å². The van der Waals surface area contributed by atoms with Crippen molar-refractivity contribution in [3.63, 3.8) is 0 Å². The first-order valence-corrected chi connectivity index (χ1v) is 6.40. The number of ether oxygens (including phenoxy) is 1. The summed E-state index contributed by atoms with van der Waals surface area (Å²) in [6.45, 7) is 6.76. The second kappa shape index (κ2) is 5.60. The van der Waals surface area contributed by atoms with Crippen molar-refractivity contribution in [1.82, 2.24) is 0 Å². The third-order valence-electron chi connectivity index (χ3n) is 2.38. The number of methoxy groups -OCH3 is 1. The fraction of sp³-hybridized carbons (Fsp3) is 0.538. The molecule has 1 N–H and O–H groups in total. The summed E-state index contributed by atoms with van der Waals surface area (Å²) in [4.78, 5) is 1.10. The molecule has 0 radical (unpaired) electrons. The van der Waals surface area contributed by atoms with E-state index in [9.17, 15) is 0 Å². The van der Waals surface area contributed by atoms with Crippen LogP contribution in [0, 0.1) is 0 Å². The molecule has 90 valence electrons. The van der Waals surface area contributed by atoms with E-state index >= 15 is 0 Å². The van der Waals surface area contributed by atoms with Crippen LogP contribution in [-0.2, 0) is 5.41 Å². The molecule has 0 fully saturated rings. The molecule has 3 heteroatoms. The first-order chi connectivity index (χ1) is 7.49. The van der Waals surface area contributed by atoms with Gasteiger partial charge in [0.25, 0.3) is 0 Å². The number of aliphatic hydroxyl groups excluding tert-OH is 1. The monoisotopic (exact) mass is 240 g/mol. The predicted molar refractivity (Wildman–Crippen MR) is 69.5 cm³/mol. The van der Waals surface area contributed by atoms with Gasteiger partial charge in [-0.3, -0.25) is 0 Å². The molecule has 0 amide bonds. The lowest BCUT2D eigenvalue weighted by molar-refractivity contribution is 0.322. The van der Waals surface area contributed by atoms with Crippen LogP contribution in [0.1, 0.15) is 26.3 Å². The molecular weight excluding hydrogens is 220 g/mol. The molecule has 1 aromatic carbocycles. The van der Waals surface area contributed by atoms with Crippen LogP contribution in [0.2, 0.25) is 0 Å². The highest BCUT2D eigenvalue weighted by atomic mass is 32.2. The van der Waals surface area contributed by atoms with E-state index in [1.54, 1.807) is 18.9 Å². The number of benzene rings is 1. The van der Waals surface area contributed by atoms with Gasteiger partial charge in [0.2, 0.25) is 0 Å². The fourth-order valence-electron chi connectivity index (χ4n) is 1.41. The zero-order valence-electron chi connectivity index (χ0n) is 10.4. The summed E-state index contributed by atoms with van der Waals surface area (Å²) in [5.74, 6) is 1.58. The molecule has 1 rings (SSSR count). The van der Waals surface area contributed by atoms with E-state index in [-0.39, 0.29) is 12.0 Å². The van der Waals surface area contributed by atoms with Gasteiger partial charge < -0.3 is 9.84 Å². The van der Waals surface area contributed by atoms with Crippen LogP contribution in [0.3, 0.4) is 0 Å². The van der Waals surface area contributed by atoms with Crippen molar-refractivity contribution in [1.29, 1.82) is 0 Å². The predicted octanol–water partition coefficient (Wildman–Crippen LogP) is 3.08. The summed E-state index contributed by atoms with van der Waals surface area (Å²) in [5.41, 5.74) is 1.43. The first-order valence-electron chi connectivity index (χ1n) is 5.41. The van der Waals surface area contributed by atoms with E-state index in [0.29, 0.717) is 5.75 Å². The van der Waals surface area contributed by atoms with Gasteiger partial charge in [0.05, 0.1) is 13.7 Å². The fourth-order valence-corrected chi connectivity index (χ4v) is 2.23. The third kappa shape index (κ3) is 3.42. The lowest BCUT2D eigenvalue weighted by Gasteiger charge is -2.20. The Morgan fingerprint density at radius 3 is 2.50 bits per heavy atom. The number of rotatable bonds is 4. The van der Waals surface area contributed by atoms with Crippen molar-refractivity contribution in [3.05, 3.63) is 23.8 Å². The largest absolute Gasteiger partial charge is 0.496 e. The summed E-state index contributed by atoms with van der Waals surface area (Å²) in [6, 6.07) is 6.25. The molecule has 0 saturated heterocycles. The SMILES string of the molecule is COc1ccc(C(C)(C)C)cc1SCCO. The molecule has 2 nitrogen and oxygen atoms in total. The lowest BCUT2D eigenvalue weighted by Crippen LogP contribution is -2.11. The van der Waals surface area contributed by atoms with E-state index in [0.717, 1.165) is 10.6 Å². The number of hydrogen-bond acceptors (Lipinski definition) is 3. The maximum absolute atomic E-state index is 8.86. The number of aliphatic hydroxyl groups is 1. The van der Waals surface area contributed by atoms with Gasteiger partial charge in [-0.25, -0.2) is 0 Å². The molecule has 0 spiro atoms. The summed E-state index contributed by atoms with van der Waals surface area (Å²) >= 11 is 1.63. The molecule has 0 aliphatic rings. The van der Waals surface area contributed by atoms with Crippen LogP contribution < -0.4 is 4.74 Å². The molecule has 0 aromatic heterocycles. The minimum Gasteiger partial charge on any atom is -0.496 e. The molecule has 0 atom stereocenters. The topological polar surface area (TPSA) is 29.5 Å². The Balaban J connectivity index is 3.01. The highest BCUT2D eigenvalue weighted by Gasteiger charge is 2.15. The van der Waals surface area contributed by atoms with Crippen LogP contribution in [0.15, 0.2) is 23.1 Å². The number of hydrogen-bond donors (Lipinski definition) is 1. The maximum Gasteiger partial charge on any atom is 0.132 e. The molecule has 0 aliphatic carbocycles. The molecule has 0 bridgehead atoms. The summed E-state index contributed by atoms with van der Waals surface area (Å²) in [6.07, 6.45) is 0. The summed E-state index contributed by atoms with van der Waals surface area (Å²) < 4.78 is 5.31. The minimum atomic E-state index is 0.140. The van der Waals surface area contributed by atoms with Crippen LogP contribution in [0.25, 0.3) is 0 Å². The van der Waals surface area contributed by atoms with Gasteiger partial charge in [0.1, 0.15) is 5.75 Å². The van der Waals surface area contributed by atoms with Crippen LogP contribution in [0.5, 0.6) is 5.75 Å². The van der Waals surface area contributed by atoms with Crippen molar-refractivity contribution >= 4 is 11.8 Å². The van der Waals surface area contributed by atoms with E-state index in [1.165, 1.54) is 5.56 Å². The van der Waals surface area contributed by atoms with Gasteiger partial charge in [-0.2, -0.15) is 0 Å². The van der Waals surface area contributed by atoms with Crippen molar-refractivity contribution in [2.45, 2.75) is 31.1 Å². The molecule has 1 aromatic rings. The molecule has 0 unspecified atom stereocenters. The minimum absolute atomic E-state index is 0.140. The second-order valence-corrected chi connectivity index (χ2v) is 5.82. The Morgan fingerprint density at radius 1 is 1.31 bits per heavy atom. The Morgan fingerprint density at radius 2 is 2.00 bits per heavy atom. The van der Waals surface area contributed by atoms with Crippen molar-refractivity contribution in [2.75, 3.05) is 19.5 Å². The van der Waals surface area contributed by atoms with Gasteiger partial charge >= 0.3 is 0 Å². The van der Waals surface area contributed by atoms with E-state index in [2.05, 4.69) is 32.9 Å². The Labute approximate surface area is 102 Å². The van der Waals surface area contributed by atoms with E-state index < -0.39 is 0 Å². The van der Waals surface area contributed by atoms with Gasteiger partial charge in [-0.05, 0) is 23.1 Å². The summed E-state index contributed by atoms with van der Waals surface area (Å²) in [5, 5.41) is 8.86. The molecule has 0 heterocycles. The number of thioether (sulfide) groups is 1. The molecule has 0 saturated carbocycles. The maximum atomic E-state index is 8.86. The van der Waals surface area contributed by atoms with Crippen molar-refractivity contribution < 1.29 is 9.84 Å². The smallest absolute Gasteiger partial charge is 0.132 e. The van der Waals surface area contributed by atoms with Crippen LogP contribution in [0.4, 0.5) is 0 Å². The standard InChI is InChI=1S/C13H20O2S/c1-13(2,3)10-5-6-11(15-4)12(9-10)16-8-7-14/h5-6,9,14H,7-8H2,1-4H3. The molecule has 0 aliphatic heterocycles. The van der Waals surface area contributed by atoms with Crippen molar-refractivity contribution in [3.8, 4) is 5.75 Å². The molecular formula is C13H20O2S. The second-order valence-electron chi connectivity index (χ2n) is 4.69. The third-order valence-corrected chi connectivity index (χ3v) is 3.40. The Hall–Kier alpha value is -0.670.